The Hall–Kier alpha value is -0.160. The third-order valence-corrected chi connectivity index (χ3v) is 3.58. The maximum Gasteiger partial charge on any atom is 0.0928 e. The first-order valence-corrected chi connectivity index (χ1v) is 6.24. The fourth-order valence-electron chi connectivity index (χ4n) is 2.52. The summed E-state index contributed by atoms with van der Waals surface area (Å²) in [6.45, 7) is 3.40. The maximum atomic E-state index is 5.76. The third kappa shape index (κ3) is 4.37. The van der Waals surface area contributed by atoms with Gasteiger partial charge >= 0.3 is 0 Å². The minimum absolute atomic E-state index is 0.155. The van der Waals surface area contributed by atoms with Crippen molar-refractivity contribution in [1.29, 1.82) is 0 Å². The molecule has 1 fully saturated rings. The van der Waals surface area contributed by atoms with Crippen LogP contribution in [0.25, 0.3) is 0 Å². The summed E-state index contributed by atoms with van der Waals surface area (Å²) in [5.41, 5.74) is 5.76. The Balaban J connectivity index is 2.13. The lowest BCUT2D eigenvalue weighted by atomic mass is 9.96. The summed E-state index contributed by atoms with van der Waals surface area (Å²) in [5.74, 6) is 1.47. The van der Waals surface area contributed by atoms with E-state index in [0.717, 1.165) is 31.5 Å². The quantitative estimate of drug-likeness (QED) is 0.641. The van der Waals surface area contributed by atoms with E-state index in [1.807, 2.05) is 0 Å². The Morgan fingerprint density at radius 2 is 2.06 bits per heavy atom. The van der Waals surface area contributed by atoms with Gasteiger partial charge in [0, 0.05) is 20.8 Å². The van der Waals surface area contributed by atoms with Crippen LogP contribution in [0.2, 0.25) is 0 Å². The molecule has 3 N–H and O–H groups in total. The molecule has 0 heterocycles. The van der Waals surface area contributed by atoms with Crippen LogP contribution < -0.4 is 11.1 Å². The van der Waals surface area contributed by atoms with Gasteiger partial charge in [0.1, 0.15) is 0 Å². The average Bonchev–Trinajstić information content (AvgIpc) is 2.75. The van der Waals surface area contributed by atoms with Crippen molar-refractivity contribution in [2.75, 3.05) is 40.5 Å². The molecule has 0 bridgehead atoms. The highest BCUT2D eigenvalue weighted by Gasteiger charge is 2.25. The molecule has 0 amide bonds. The molecule has 0 aromatic carbocycles. The third-order valence-electron chi connectivity index (χ3n) is 3.58. The molecular formula is C12H26N2O2. The summed E-state index contributed by atoms with van der Waals surface area (Å²) in [7, 11) is 3.43. The fraction of sp³-hybridized carbons (Fsp3) is 1.00. The SMILES string of the molecule is COCC(CNCC1CCCC1CN)OC. The number of methoxy groups -OCH3 is 2. The van der Waals surface area contributed by atoms with Crippen LogP contribution in [0.4, 0.5) is 0 Å². The van der Waals surface area contributed by atoms with Crippen LogP contribution in [0.1, 0.15) is 19.3 Å². The minimum Gasteiger partial charge on any atom is -0.382 e. The fourth-order valence-corrected chi connectivity index (χ4v) is 2.52. The zero-order valence-electron chi connectivity index (χ0n) is 10.6. The van der Waals surface area contributed by atoms with E-state index in [9.17, 15) is 0 Å². The van der Waals surface area contributed by atoms with E-state index in [4.69, 9.17) is 15.2 Å². The van der Waals surface area contributed by atoms with Crippen molar-refractivity contribution in [3.8, 4) is 0 Å². The van der Waals surface area contributed by atoms with Gasteiger partial charge in [-0.2, -0.15) is 0 Å². The number of nitrogens with two attached hydrogens (primary N) is 1. The lowest BCUT2D eigenvalue weighted by molar-refractivity contribution is 0.0283. The summed E-state index contributed by atoms with van der Waals surface area (Å²) < 4.78 is 10.4. The van der Waals surface area contributed by atoms with Gasteiger partial charge in [0.25, 0.3) is 0 Å². The first-order chi connectivity index (χ1) is 7.81. The Morgan fingerprint density at radius 3 is 2.69 bits per heavy atom. The first-order valence-electron chi connectivity index (χ1n) is 6.24. The monoisotopic (exact) mass is 230 g/mol. The highest BCUT2D eigenvalue weighted by molar-refractivity contribution is 4.80. The molecule has 1 aliphatic rings. The molecule has 0 aromatic rings. The molecule has 3 atom stereocenters. The van der Waals surface area contributed by atoms with E-state index < -0.39 is 0 Å². The Morgan fingerprint density at radius 1 is 1.31 bits per heavy atom. The number of hydrogen-bond acceptors (Lipinski definition) is 4. The highest BCUT2D eigenvalue weighted by atomic mass is 16.5. The molecule has 0 spiro atoms. The summed E-state index contributed by atoms with van der Waals surface area (Å²) >= 11 is 0. The molecule has 1 saturated carbocycles. The van der Waals surface area contributed by atoms with Crippen LogP contribution >= 0.6 is 0 Å². The summed E-state index contributed by atoms with van der Waals surface area (Å²) in [5, 5.41) is 3.47. The van der Waals surface area contributed by atoms with Crippen molar-refractivity contribution >= 4 is 0 Å². The largest absolute Gasteiger partial charge is 0.382 e. The van der Waals surface area contributed by atoms with Crippen LogP contribution in [0.5, 0.6) is 0 Å². The second kappa shape index (κ2) is 8.01. The van der Waals surface area contributed by atoms with Crippen LogP contribution in [0.3, 0.4) is 0 Å². The van der Waals surface area contributed by atoms with Crippen molar-refractivity contribution in [3.05, 3.63) is 0 Å². The van der Waals surface area contributed by atoms with E-state index in [2.05, 4.69) is 5.32 Å². The predicted octanol–water partition coefficient (Wildman–Crippen LogP) is 0.612. The van der Waals surface area contributed by atoms with E-state index in [-0.39, 0.29) is 6.10 Å². The molecule has 4 nitrogen and oxygen atoms in total. The standard InChI is InChI=1S/C12H26N2O2/c1-15-9-12(16-2)8-14-7-11-5-3-4-10(11)6-13/h10-12,14H,3-9,13H2,1-2H3. The second-order valence-electron chi connectivity index (χ2n) is 4.66. The van der Waals surface area contributed by atoms with Crippen LogP contribution in [-0.2, 0) is 9.47 Å². The number of rotatable bonds is 8. The van der Waals surface area contributed by atoms with Gasteiger partial charge in [-0.3, -0.25) is 0 Å². The zero-order chi connectivity index (χ0) is 11.8. The minimum atomic E-state index is 0.155. The van der Waals surface area contributed by atoms with E-state index in [1.165, 1.54) is 19.3 Å². The molecule has 0 aromatic heterocycles. The van der Waals surface area contributed by atoms with Crippen LogP contribution in [-0.4, -0.2) is 46.6 Å². The van der Waals surface area contributed by atoms with Crippen molar-refractivity contribution in [2.45, 2.75) is 25.4 Å². The summed E-state index contributed by atoms with van der Waals surface area (Å²) in [6.07, 6.45) is 4.11. The smallest absolute Gasteiger partial charge is 0.0928 e. The molecule has 0 saturated heterocycles. The molecule has 16 heavy (non-hydrogen) atoms. The molecular weight excluding hydrogens is 204 g/mol. The van der Waals surface area contributed by atoms with Crippen molar-refractivity contribution in [2.24, 2.45) is 17.6 Å². The van der Waals surface area contributed by atoms with E-state index >= 15 is 0 Å². The number of ether oxygens (including phenoxy) is 2. The lowest BCUT2D eigenvalue weighted by Gasteiger charge is -2.20. The molecule has 0 aliphatic heterocycles. The molecule has 0 radical (unpaired) electrons. The first kappa shape index (κ1) is 13.9. The number of hydrogen-bond donors (Lipinski definition) is 2. The van der Waals surface area contributed by atoms with Gasteiger partial charge in [0.15, 0.2) is 0 Å². The Bertz CT molecular complexity index is 178. The Labute approximate surface area is 98.9 Å². The second-order valence-corrected chi connectivity index (χ2v) is 4.66. The maximum absolute atomic E-state index is 5.76. The van der Waals surface area contributed by atoms with Gasteiger partial charge < -0.3 is 20.5 Å². The van der Waals surface area contributed by atoms with Crippen molar-refractivity contribution < 1.29 is 9.47 Å². The predicted molar refractivity (Wildman–Crippen MR) is 65.4 cm³/mol. The molecule has 96 valence electrons. The number of nitrogens with one attached hydrogen (secondary N) is 1. The average molecular weight is 230 g/mol. The van der Waals surface area contributed by atoms with Gasteiger partial charge in [-0.05, 0) is 37.8 Å². The van der Waals surface area contributed by atoms with Gasteiger partial charge in [0.2, 0.25) is 0 Å². The Kier molecular flexibility index (Phi) is 6.96. The summed E-state index contributed by atoms with van der Waals surface area (Å²) in [4.78, 5) is 0. The zero-order valence-corrected chi connectivity index (χ0v) is 10.6. The summed E-state index contributed by atoms with van der Waals surface area (Å²) in [6, 6.07) is 0. The van der Waals surface area contributed by atoms with Gasteiger partial charge in [-0.25, -0.2) is 0 Å². The normalized spacial score (nSPS) is 27.2. The van der Waals surface area contributed by atoms with Crippen molar-refractivity contribution in [3.63, 3.8) is 0 Å². The molecule has 1 rings (SSSR count). The van der Waals surface area contributed by atoms with Crippen LogP contribution in [0, 0.1) is 11.8 Å². The van der Waals surface area contributed by atoms with Gasteiger partial charge in [-0.15, -0.1) is 0 Å². The van der Waals surface area contributed by atoms with Crippen LogP contribution in [0.15, 0.2) is 0 Å². The van der Waals surface area contributed by atoms with Gasteiger partial charge in [-0.1, -0.05) is 6.42 Å². The highest BCUT2D eigenvalue weighted by Crippen LogP contribution is 2.30. The van der Waals surface area contributed by atoms with E-state index in [1.54, 1.807) is 14.2 Å². The molecule has 4 heteroatoms. The topological polar surface area (TPSA) is 56.5 Å². The lowest BCUT2D eigenvalue weighted by Crippen LogP contribution is -2.36. The molecule has 3 unspecified atom stereocenters. The van der Waals surface area contributed by atoms with E-state index in [0.29, 0.717) is 6.61 Å². The van der Waals surface area contributed by atoms with Gasteiger partial charge in [0.05, 0.1) is 12.7 Å². The molecule has 1 aliphatic carbocycles. The van der Waals surface area contributed by atoms with Crippen molar-refractivity contribution in [1.82, 2.24) is 5.32 Å².